The van der Waals surface area contributed by atoms with Gasteiger partial charge in [0.25, 0.3) is 5.91 Å². The topological polar surface area (TPSA) is 101 Å². The Bertz CT molecular complexity index is 760. The number of halogens is 1. The maximum Gasteiger partial charge on any atom is 0.344 e. The Labute approximate surface area is 125 Å². The summed E-state index contributed by atoms with van der Waals surface area (Å²) in [4.78, 5) is 30.9. The number of oxime groups is 1. The molecule has 1 aromatic heterocycles. The van der Waals surface area contributed by atoms with Crippen molar-refractivity contribution in [3.63, 3.8) is 0 Å². The number of aromatic nitrogens is 1. The number of carbonyl (C=O) groups excluding carboxylic acids is 1. The summed E-state index contributed by atoms with van der Waals surface area (Å²) < 4.78 is 0. The minimum absolute atomic E-state index is 0. The van der Waals surface area contributed by atoms with Gasteiger partial charge in [-0.05, 0) is 17.5 Å². The van der Waals surface area contributed by atoms with Crippen LogP contribution in [-0.2, 0) is 14.4 Å². The van der Waals surface area contributed by atoms with Crippen LogP contribution in [0.4, 0.5) is 5.69 Å². The van der Waals surface area contributed by atoms with Gasteiger partial charge in [0.2, 0.25) is 6.61 Å². The Morgan fingerprint density at radius 1 is 1.38 bits per heavy atom. The van der Waals surface area contributed by atoms with Gasteiger partial charge >= 0.3 is 5.97 Å². The molecule has 0 fully saturated rings. The third kappa shape index (κ3) is 2.63. The van der Waals surface area contributed by atoms with Crippen molar-refractivity contribution >= 4 is 46.5 Å². The molecule has 0 unspecified atom stereocenters. The van der Waals surface area contributed by atoms with Gasteiger partial charge in [0.15, 0.2) is 5.71 Å². The molecule has 21 heavy (non-hydrogen) atoms. The zero-order valence-corrected chi connectivity index (χ0v) is 11.4. The lowest BCUT2D eigenvalue weighted by Gasteiger charge is -2.03. The fourth-order valence-corrected chi connectivity index (χ4v) is 2.03. The molecule has 0 bridgehead atoms. The predicted octanol–water partition coefficient (Wildman–Crippen LogP) is 1.41. The minimum atomic E-state index is -1.16. The molecule has 2 N–H and O–H groups in total. The first-order valence-corrected chi connectivity index (χ1v) is 5.77. The van der Waals surface area contributed by atoms with Crippen molar-refractivity contribution in [2.75, 3.05) is 11.9 Å². The van der Waals surface area contributed by atoms with E-state index in [4.69, 9.17) is 5.11 Å². The fraction of sp³-hybridized carbons (Fsp3) is 0.0769. The number of benzene rings is 1. The van der Waals surface area contributed by atoms with Crippen molar-refractivity contribution in [1.82, 2.24) is 4.98 Å². The Morgan fingerprint density at radius 3 is 2.95 bits per heavy atom. The van der Waals surface area contributed by atoms with Gasteiger partial charge in [-0.3, -0.25) is 9.78 Å². The first-order valence-electron chi connectivity index (χ1n) is 5.77. The standard InChI is InChI=1S/C13H9N3O4.ClH/c17-10(18)6-20-16-12-8-2-1-7-3-4-14-5-9(7)11(8)15-13(12)19;/h1-5H,6H2,(H,17,18)(H,15,16,19);1H. The third-order valence-electron chi connectivity index (χ3n) is 2.88. The number of carboxylic acid groups (broad SMARTS) is 1. The van der Waals surface area contributed by atoms with Crippen molar-refractivity contribution in [3.8, 4) is 0 Å². The summed E-state index contributed by atoms with van der Waals surface area (Å²) in [6.07, 6.45) is 3.31. The number of hydrogen-bond donors (Lipinski definition) is 2. The van der Waals surface area contributed by atoms with Crippen LogP contribution in [0.5, 0.6) is 0 Å². The number of fused-ring (bicyclic) bond motifs is 3. The van der Waals surface area contributed by atoms with Gasteiger partial charge in [-0.1, -0.05) is 11.2 Å². The lowest BCUT2D eigenvalue weighted by molar-refractivity contribution is -0.142. The second-order valence-corrected chi connectivity index (χ2v) is 4.15. The van der Waals surface area contributed by atoms with E-state index in [1.165, 1.54) is 0 Å². The smallest absolute Gasteiger partial charge is 0.344 e. The predicted molar refractivity (Wildman–Crippen MR) is 77.7 cm³/mol. The Hall–Kier alpha value is -2.67. The molecule has 8 heteroatoms. The maximum absolute atomic E-state index is 11.9. The van der Waals surface area contributed by atoms with E-state index in [0.717, 1.165) is 10.8 Å². The minimum Gasteiger partial charge on any atom is -0.479 e. The molecule has 0 saturated heterocycles. The van der Waals surface area contributed by atoms with Gasteiger partial charge in [0.05, 0.1) is 5.69 Å². The van der Waals surface area contributed by atoms with Crippen LogP contribution in [0, 0.1) is 0 Å². The van der Waals surface area contributed by atoms with Crippen LogP contribution in [-0.4, -0.2) is 34.3 Å². The summed E-state index contributed by atoms with van der Waals surface area (Å²) in [7, 11) is 0. The summed E-state index contributed by atoms with van der Waals surface area (Å²) >= 11 is 0. The molecular formula is C13H10ClN3O4. The van der Waals surface area contributed by atoms with E-state index in [1.807, 2.05) is 12.1 Å². The van der Waals surface area contributed by atoms with Crippen LogP contribution in [0.3, 0.4) is 0 Å². The monoisotopic (exact) mass is 307 g/mol. The van der Waals surface area contributed by atoms with E-state index in [-0.39, 0.29) is 18.1 Å². The molecule has 2 aromatic rings. The highest BCUT2D eigenvalue weighted by molar-refractivity contribution is 6.54. The molecule has 0 spiro atoms. The molecule has 0 saturated carbocycles. The fourth-order valence-electron chi connectivity index (χ4n) is 2.03. The summed E-state index contributed by atoms with van der Waals surface area (Å²) in [6.45, 7) is -0.596. The number of hydrogen-bond acceptors (Lipinski definition) is 5. The average molecular weight is 308 g/mol. The number of nitrogens with one attached hydrogen (secondary N) is 1. The van der Waals surface area contributed by atoms with E-state index in [1.54, 1.807) is 18.5 Å². The quantitative estimate of drug-likeness (QED) is 0.835. The highest BCUT2D eigenvalue weighted by Gasteiger charge is 2.28. The first kappa shape index (κ1) is 14.7. The molecule has 0 atom stereocenters. The van der Waals surface area contributed by atoms with E-state index in [0.29, 0.717) is 11.3 Å². The Morgan fingerprint density at radius 2 is 2.19 bits per heavy atom. The molecule has 1 aliphatic heterocycles. The number of rotatable bonds is 3. The summed E-state index contributed by atoms with van der Waals surface area (Å²) in [5.74, 6) is -1.59. The van der Waals surface area contributed by atoms with Crippen LogP contribution < -0.4 is 5.32 Å². The number of carboxylic acids is 1. The molecule has 1 amide bonds. The summed E-state index contributed by atoms with van der Waals surface area (Å²) in [5, 5.41) is 16.5. The molecule has 1 aliphatic rings. The van der Waals surface area contributed by atoms with Gasteiger partial charge in [0.1, 0.15) is 0 Å². The Kier molecular flexibility index (Phi) is 4.04. The normalized spacial score (nSPS) is 14.5. The largest absolute Gasteiger partial charge is 0.479 e. The van der Waals surface area contributed by atoms with Crippen LogP contribution in [0.2, 0.25) is 0 Å². The summed E-state index contributed by atoms with van der Waals surface area (Å²) in [5.41, 5.74) is 1.24. The molecule has 1 aromatic carbocycles. The number of amides is 1. The van der Waals surface area contributed by atoms with Crippen molar-refractivity contribution in [1.29, 1.82) is 0 Å². The second kappa shape index (κ2) is 5.76. The SMILES string of the molecule is Cl.O=C(O)CON=C1C(=O)Nc2c1ccc1ccncc21. The van der Waals surface area contributed by atoms with E-state index in [9.17, 15) is 9.59 Å². The van der Waals surface area contributed by atoms with Gasteiger partial charge in [-0.2, -0.15) is 0 Å². The zero-order valence-electron chi connectivity index (χ0n) is 10.6. The lowest BCUT2D eigenvalue weighted by atomic mass is 10.1. The van der Waals surface area contributed by atoms with Crippen LogP contribution >= 0.6 is 12.4 Å². The van der Waals surface area contributed by atoms with Crippen molar-refractivity contribution in [2.45, 2.75) is 0 Å². The molecule has 2 heterocycles. The third-order valence-corrected chi connectivity index (χ3v) is 2.88. The van der Waals surface area contributed by atoms with Crippen molar-refractivity contribution in [3.05, 3.63) is 36.2 Å². The van der Waals surface area contributed by atoms with Gasteiger partial charge < -0.3 is 15.3 Å². The molecular weight excluding hydrogens is 298 g/mol. The summed E-state index contributed by atoms with van der Waals surface area (Å²) in [6, 6.07) is 5.40. The molecule has 3 rings (SSSR count). The number of aliphatic carboxylic acids is 1. The molecule has 0 aliphatic carbocycles. The molecule has 7 nitrogen and oxygen atoms in total. The zero-order chi connectivity index (χ0) is 14.1. The number of carbonyl (C=O) groups is 2. The molecule has 0 radical (unpaired) electrons. The number of pyridine rings is 1. The van der Waals surface area contributed by atoms with Gasteiger partial charge in [-0.25, -0.2) is 4.79 Å². The van der Waals surface area contributed by atoms with Crippen LogP contribution in [0.15, 0.2) is 35.7 Å². The highest BCUT2D eigenvalue weighted by atomic mass is 35.5. The Balaban J connectivity index is 0.00000161. The van der Waals surface area contributed by atoms with Gasteiger partial charge in [0, 0.05) is 23.3 Å². The number of nitrogens with zero attached hydrogens (tertiary/aromatic N) is 2. The van der Waals surface area contributed by atoms with Crippen LogP contribution in [0.25, 0.3) is 10.8 Å². The maximum atomic E-state index is 11.9. The van der Waals surface area contributed by atoms with Crippen molar-refractivity contribution < 1.29 is 19.5 Å². The highest BCUT2D eigenvalue weighted by Crippen LogP contribution is 2.31. The average Bonchev–Trinajstić information content (AvgIpc) is 2.75. The van der Waals surface area contributed by atoms with Gasteiger partial charge in [-0.15, -0.1) is 12.4 Å². The van der Waals surface area contributed by atoms with E-state index >= 15 is 0 Å². The van der Waals surface area contributed by atoms with E-state index in [2.05, 4.69) is 20.3 Å². The first-order chi connectivity index (χ1) is 9.66. The molecule has 108 valence electrons. The second-order valence-electron chi connectivity index (χ2n) is 4.15. The van der Waals surface area contributed by atoms with Crippen LogP contribution in [0.1, 0.15) is 5.56 Å². The van der Waals surface area contributed by atoms with Crippen molar-refractivity contribution in [2.24, 2.45) is 5.16 Å². The van der Waals surface area contributed by atoms with E-state index < -0.39 is 18.5 Å². The number of anilines is 1. The lowest BCUT2D eigenvalue weighted by Crippen LogP contribution is -2.15.